The van der Waals surface area contributed by atoms with Gasteiger partial charge in [-0.1, -0.05) is 22.9 Å². The third kappa shape index (κ3) is 3.07. The Bertz CT molecular complexity index is 433. The van der Waals surface area contributed by atoms with Crippen molar-refractivity contribution in [3.05, 3.63) is 33.8 Å². The first-order valence-corrected chi connectivity index (χ1v) is 6.58. The predicted octanol–water partition coefficient (Wildman–Crippen LogP) is 2.33. The van der Waals surface area contributed by atoms with Crippen LogP contribution in [0.3, 0.4) is 0 Å². The fourth-order valence-electron chi connectivity index (χ4n) is 1.92. The average molecular weight is 298 g/mol. The number of carbonyl (C=O) groups is 1. The molecule has 17 heavy (non-hydrogen) atoms. The molecule has 1 aliphatic carbocycles. The fourth-order valence-corrected chi connectivity index (χ4v) is 2.33. The summed E-state index contributed by atoms with van der Waals surface area (Å²) in [4.78, 5) is 11.9. The van der Waals surface area contributed by atoms with Gasteiger partial charge in [-0.2, -0.15) is 0 Å². The second-order valence-corrected chi connectivity index (χ2v) is 5.56. The maximum absolute atomic E-state index is 11.9. The first-order chi connectivity index (χ1) is 8.11. The number of aliphatic hydroxyl groups excluding tert-OH is 1. The Labute approximate surface area is 109 Å². The molecule has 0 aromatic heterocycles. The third-order valence-electron chi connectivity index (χ3n) is 3.28. The lowest BCUT2D eigenvalue weighted by Crippen LogP contribution is -2.26. The Hall–Kier alpha value is -0.870. The lowest BCUT2D eigenvalue weighted by Gasteiger charge is -2.08. The molecule has 0 bridgehead atoms. The van der Waals surface area contributed by atoms with Crippen molar-refractivity contribution in [2.24, 2.45) is 11.8 Å². The Morgan fingerprint density at radius 3 is 2.88 bits per heavy atom. The number of hydrogen-bond donors (Lipinski definition) is 2. The summed E-state index contributed by atoms with van der Waals surface area (Å²) in [5.41, 5.74) is 1.21. The van der Waals surface area contributed by atoms with E-state index in [1.807, 2.05) is 6.07 Å². The van der Waals surface area contributed by atoms with E-state index in [2.05, 4.69) is 28.2 Å². The number of halogens is 1. The van der Waals surface area contributed by atoms with Crippen LogP contribution in [0.4, 0.5) is 0 Å². The predicted molar refractivity (Wildman–Crippen MR) is 69.7 cm³/mol. The zero-order valence-electron chi connectivity index (χ0n) is 9.74. The minimum atomic E-state index is -0.123. The molecule has 0 radical (unpaired) electrons. The number of carbonyl (C=O) groups excluding carboxylic acids is 1. The van der Waals surface area contributed by atoms with Crippen molar-refractivity contribution in [1.29, 1.82) is 0 Å². The van der Waals surface area contributed by atoms with Gasteiger partial charge in [0.15, 0.2) is 0 Å². The van der Waals surface area contributed by atoms with Crippen LogP contribution in [-0.4, -0.2) is 17.6 Å². The van der Waals surface area contributed by atoms with Crippen molar-refractivity contribution >= 4 is 21.8 Å². The monoisotopic (exact) mass is 297 g/mol. The van der Waals surface area contributed by atoms with E-state index >= 15 is 0 Å². The van der Waals surface area contributed by atoms with Crippen LogP contribution in [0.5, 0.6) is 0 Å². The van der Waals surface area contributed by atoms with Gasteiger partial charge in [-0.15, -0.1) is 0 Å². The molecule has 2 N–H and O–H groups in total. The van der Waals surface area contributed by atoms with E-state index in [0.29, 0.717) is 17.0 Å². The zero-order valence-corrected chi connectivity index (χ0v) is 11.3. The van der Waals surface area contributed by atoms with E-state index in [9.17, 15) is 9.90 Å². The highest BCUT2D eigenvalue weighted by molar-refractivity contribution is 9.10. The molecule has 3 nitrogen and oxygen atoms in total. The van der Waals surface area contributed by atoms with Crippen molar-refractivity contribution in [3.8, 4) is 0 Å². The fraction of sp³-hybridized carbons (Fsp3) is 0.462. The van der Waals surface area contributed by atoms with E-state index in [1.54, 1.807) is 12.1 Å². The molecule has 0 aliphatic heterocycles. The molecule has 1 aromatic carbocycles. The molecule has 2 atom stereocenters. The number of amides is 1. The van der Waals surface area contributed by atoms with Gasteiger partial charge in [-0.3, -0.25) is 4.79 Å². The summed E-state index contributed by atoms with van der Waals surface area (Å²) in [5, 5.41) is 12.1. The number of hydrogen-bond acceptors (Lipinski definition) is 2. The molecule has 0 saturated heterocycles. The van der Waals surface area contributed by atoms with Gasteiger partial charge >= 0.3 is 0 Å². The molecule has 4 heteroatoms. The lowest BCUT2D eigenvalue weighted by atomic mass is 10.1. The highest BCUT2D eigenvalue weighted by Crippen LogP contribution is 2.36. The first-order valence-electron chi connectivity index (χ1n) is 5.79. The largest absolute Gasteiger partial charge is 0.392 e. The van der Waals surface area contributed by atoms with Gasteiger partial charge in [0, 0.05) is 16.6 Å². The SMILES string of the molecule is CC1CC1CNC(=O)c1ccc(Br)cc1CO. The third-order valence-corrected chi connectivity index (χ3v) is 3.78. The van der Waals surface area contributed by atoms with Crippen molar-refractivity contribution in [2.75, 3.05) is 6.54 Å². The van der Waals surface area contributed by atoms with Crippen molar-refractivity contribution in [1.82, 2.24) is 5.32 Å². The van der Waals surface area contributed by atoms with E-state index in [4.69, 9.17) is 0 Å². The van der Waals surface area contributed by atoms with E-state index in [-0.39, 0.29) is 12.5 Å². The van der Waals surface area contributed by atoms with E-state index in [1.165, 1.54) is 6.42 Å². The van der Waals surface area contributed by atoms with E-state index < -0.39 is 0 Å². The number of benzene rings is 1. The maximum atomic E-state index is 11.9. The molecule has 0 spiro atoms. The topological polar surface area (TPSA) is 49.3 Å². The molecule has 1 amide bonds. The number of rotatable bonds is 4. The minimum absolute atomic E-state index is 0.0966. The van der Waals surface area contributed by atoms with Crippen LogP contribution in [0.1, 0.15) is 29.3 Å². The molecule has 0 heterocycles. The summed E-state index contributed by atoms with van der Waals surface area (Å²) in [7, 11) is 0. The first kappa shape index (κ1) is 12.6. The van der Waals surface area contributed by atoms with Crippen molar-refractivity contribution < 1.29 is 9.90 Å². The van der Waals surface area contributed by atoms with Crippen molar-refractivity contribution in [2.45, 2.75) is 20.0 Å². The molecule has 92 valence electrons. The van der Waals surface area contributed by atoms with Crippen LogP contribution in [0.15, 0.2) is 22.7 Å². The lowest BCUT2D eigenvalue weighted by molar-refractivity contribution is 0.0948. The Morgan fingerprint density at radius 1 is 1.59 bits per heavy atom. The molecule has 2 unspecified atom stereocenters. The summed E-state index contributed by atoms with van der Waals surface area (Å²) in [6.07, 6.45) is 1.20. The molecule has 1 aliphatic rings. The standard InChI is InChI=1S/C13H16BrNO2/c1-8-4-9(8)6-15-13(17)12-3-2-11(14)5-10(12)7-16/h2-3,5,8-9,16H,4,6-7H2,1H3,(H,15,17). The molecule has 2 rings (SSSR count). The van der Waals surface area contributed by atoms with Crippen LogP contribution in [0.2, 0.25) is 0 Å². The van der Waals surface area contributed by atoms with Crippen LogP contribution in [0.25, 0.3) is 0 Å². The Balaban J connectivity index is 2.02. The Morgan fingerprint density at radius 2 is 2.29 bits per heavy atom. The summed E-state index contributed by atoms with van der Waals surface area (Å²) in [6.45, 7) is 2.80. The van der Waals surface area contributed by atoms with Gasteiger partial charge in [-0.25, -0.2) is 0 Å². The summed E-state index contributed by atoms with van der Waals surface area (Å²) < 4.78 is 0.869. The number of nitrogens with one attached hydrogen (secondary N) is 1. The summed E-state index contributed by atoms with van der Waals surface area (Å²) in [5.74, 6) is 1.27. The minimum Gasteiger partial charge on any atom is -0.392 e. The van der Waals surface area contributed by atoms with Gasteiger partial charge in [0.1, 0.15) is 0 Å². The molecule has 1 aromatic rings. The van der Waals surface area contributed by atoms with Gasteiger partial charge in [0.2, 0.25) is 0 Å². The van der Waals surface area contributed by atoms with E-state index in [0.717, 1.165) is 16.9 Å². The highest BCUT2D eigenvalue weighted by Gasteiger charge is 2.32. The van der Waals surface area contributed by atoms with Crippen molar-refractivity contribution in [3.63, 3.8) is 0 Å². The Kier molecular flexibility index (Phi) is 3.84. The van der Waals surface area contributed by atoms with Crippen LogP contribution in [-0.2, 0) is 6.61 Å². The summed E-state index contributed by atoms with van der Waals surface area (Å²) >= 11 is 3.32. The van der Waals surface area contributed by atoms with Gasteiger partial charge in [-0.05, 0) is 42.0 Å². The van der Waals surface area contributed by atoms with Gasteiger partial charge in [0.25, 0.3) is 5.91 Å². The second kappa shape index (κ2) is 5.19. The number of aliphatic hydroxyl groups is 1. The zero-order chi connectivity index (χ0) is 12.4. The smallest absolute Gasteiger partial charge is 0.251 e. The van der Waals surface area contributed by atoms with Gasteiger partial charge < -0.3 is 10.4 Å². The quantitative estimate of drug-likeness (QED) is 0.896. The molecular formula is C13H16BrNO2. The van der Waals surface area contributed by atoms with Gasteiger partial charge in [0.05, 0.1) is 6.61 Å². The van der Waals surface area contributed by atoms with Crippen LogP contribution >= 0.6 is 15.9 Å². The molecule has 1 saturated carbocycles. The molecule has 1 fully saturated rings. The summed E-state index contributed by atoms with van der Waals surface area (Å²) in [6, 6.07) is 5.32. The van der Waals surface area contributed by atoms with Crippen LogP contribution < -0.4 is 5.32 Å². The second-order valence-electron chi connectivity index (χ2n) is 4.64. The average Bonchev–Trinajstić information content (AvgIpc) is 3.02. The molecular weight excluding hydrogens is 282 g/mol. The highest BCUT2D eigenvalue weighted by atomic mass is 79.9. The van der Waals surface area contributed by atoms with Crippen LogP contribution in [0, 0.1) is 11.8 Å². The maximum Gasteiger partial charge on any atom is 0.251 e. The normalized spacial score (nSPS) is 22.3.